The van der Waals surface area contributed by atoms with Crippen LogP contribution < -0.4 is 5.32 Å². The van der Waals surface area contributed by atoms with Crippen LogP contribution in [-0.4, -0.2) is 23.7 Å². The van der Waals surface area contributed by atoms with E-state index in [0.717, 1.165) is 12.8 Å². The summed E-state index contributed by atoms with van der Waals surface area (Å²) < 4.78 is 14.0. The largest absolute Gasteiger partial charge is 0.384 e. The van der Waals surface area contributed by atoms with Crippen LogP contribution in [0.4, 0.5) is 4.39 Å². The summed E-state index contributed by atoms with van der Waals surface area (Å²) in [5, 5.41) is 11.5. The minimum absolute atomic E-state index is 0.0365. The maximum absolute atomic E-state index is 14.0. The van der Waals surface area contributed by atoms with Crippen LogP contribution >= 0.6 is 0 Å². The maximum Gasteiger partial charge on any atom is 0.254 e. The van der Waals surface area contributed by atoms with Gasteiger partial charge in [-0.15, -0.1) is 0 Å². The van der Waals surface area contributed by atoms with Gasteiger partial charge in [0.2, 0.25) is 0 Å². The number of hydrogen-bond acceptors (Lipinski definition) is 2. The third kappa shape index (κ3) is 4.05. The van der Waals surface area contributed by atoms with Gasteiger partial charge in [-0.2, -0.15) is 0 Å². The highest BCUT2D eigenvalue weighted by Gasteiger charge is 2.23. The molecule has 0 heterocycles. The molecule has 1 aliphatic carbocycles. The Bertz CT molecular complexity index is 568. The molecule has 0 spiro atoms. The van der Waals surface area contributed by atoms with Crippen molar-refractivity contribution in [2.75, 3.05) is 6.61 Å². The van der Waals surface area contributed by atoms with Crippen molar-refractivity contribution in [1.29, 1.82) is 0 Å². The van der Waals surface area contributed by atoms with Gasteiger partial charge in [-0.1, -0.05) is 24.7 Å². The highest BCUT2D eigenvalue weighted by atomic mass is 19.1. The van der Waals surface area contributed by atoms with Crippen LogP contribution in [0, 0.1) is 23.6 Å². The van der Waals surface area contributed by atoms with Crippen molar-refractivity contribution in [3.05, 3.63) is 35.1 Å². The second kappa shape index (κ2) is 7.24. The van der Waals surface area contributed by atoms with E-state index in [9.17, 15) is 9.18 Å². The molecule has 0 aromatic heterocycles. The average Bonchev–Trinajstić information content (AvgIpc) is 2.99. The van der Waals surface area contributed by atoms with Gasteiger partial charge in [0, 0.05) is 11.6 Å². The maximum atomic E-state index is 14.0. The molecule has 2 rings (SSSR count). The van der Waals surface area contributed by atoms with E-state index in [2.05, 4.69) is 17.2 Å². The predicted molar refractivity (Wildman–Crippen MR) is 79.3 cm³/mol. The number of nitrogens with one attached hydrogen (secondary N) is 1. The van der Waals surface area contributed by atoms with Gasteiger partial charge in [-0.25, -0.2) is 4.39 Å². The number of hydrogen-bond donors (Lipinski definition) is 2. The number of halogens is 1. The highest BCUT2D eigenvalue weighted by molar-refractivity contribution is 5.94. The number of carbonyl (C=O) groups excluding carboxylic acids is 1. The minimum Gasteiger partial charge on any atom is -0.384 e. The first-order valence-electron chi connectivity index (χ1n) is 7.32. The molecule has 1 aromatic rings. The van der Waals surface area contributed by atoms with E-state index in [1.807, 2.05) is 6.92 Å². The van der Waals surface area contributed by atoms with Crippen molar-refractivity contribution >= 4 is 5.91 Å². The number of aliphatic hydroxyl groups excluding tert-OH is 1. The zero-order valence-corrected chi connectivity index (χ0v) is 12.2. The van der Waals surface area contributed by atoms with Gasteiger partial charge < -0.3 is 10.4 Å². The highest BCUT2D eigenvalue weighted by Crippen LogP contribution is 2.27. The van der Waals surface area contributed by atoms with Gasteiger partial charge in [0.05, 0.1) is 5.56 Å². The summed E-state index contributed by atoms with van der Waals surface area (Å²) in [7, 11) is 0. The predicted octanol–water partition coefficient (Wildman–Crippen LogP) is 2.48. The second-order valence-electron chi connectivity index (χ2n) is 5.46. The normalized spacial score (nSPS) is 16.1. The van der Waals surface area contributed by atoms with Gasteiger partial charge in [-0.3, -0.25) is 4.79 Å². The number of amides is 1. The first kappa shape index (κ1) is 15.5. The fourth-order valence-corrected chi connectivity index (χ4v) is 2.78. The Labute approximate surface area is 124 Å². The molecule has 112 valence electrons. The topological polar surface area (TPSA) is 49.3 Å². The van der Waals surface area contributed by atoms with E-state index in [0.29, 0.717) is 11.5 Å². The minimum atomic E-state index is -0.587. The molecule has 1 aliphatic rings. The molecule has 1 amide bonds. The molecule has 1 saturated carbocycles. The van der Waals surface area contributed by atoms with Crippen LogP contribution in [0.2, 0.25) is 0 Å². The van der Waals surface area contributed by atoms with E-state index in [1.54, 1.807) is 6.07 Å². The fourth-order valence-electron chi connectivity index (χ4n) is 2.78. The first-order chi connectivity index (χ1) is 10.1. The van der Waals surface area contributed by atoms with E-state index in [4.69, 9.17) is 5.11 Å². The van der Waals surface area contributed by atoms with Gasteiger partial charge in [0.15, 0.2) is 0 Å². The average molecular weight is 289 g/mol. The second-order valence-corrected chi connectivity index (χ2v) is 5.46. The summed E-state index contributed by atoms with van der Waals surface area (Å²) in [5.74, 6) is 4.59. The fraction of sp³-hybridized carbons (Fsp3) is 0.471. The van der Waals surface area contributed by atoms with Crippen molar-refractivity contribution in [2.45, 2.75) is 38.6 Å². The lowest BCUT2D eigenvalue weighted by Crippen LogP contribution is -2.37. The van der Waals surface area contributed by atoms with Crippen molar-refractivity contribution in [3.8, 4) is 11.8 Å². The van der Waals surface area contributed by atoms with Crippen LogP contribution in [0.25, 0.3) is 0 Å². The lowest BCUT2D eigenvalue weighted by molar-refractivity contribution is 0.0923. The summed E-state index contributed by atoms with van der Waals surface area (Å²) in [6.07, 6.45) is 4.66. The molecule has 1 unspecified atom stereocenters. The molecule has 0 aliphatic heterocycles. The number of aliphatic hydroxyl groups is 1. The van der Waals surface area contributed by atoms with Crippen LogP contribution in [0.1, 0.15) is 48.5 Å². The SMILES string of the molecule is CC(NC(=O)c1ccc(C#CCO)cc1F)C1CCCC1. The Morgan fingerprint density at radius 3 is 2.81 bits per heavy atom. The first-order valence-corrected chi connectivity index (χ1v) is 7.32. The molecule has 0 radical (unpaired) electrons. The van der Waals surface area contributed by atoms with Gasteiger partial charge in [0.25, 0.3) is 5.91 Å². The van der Waals surface area contributed by atoms with E-state index < -0.39 is 5.82 Å². The lowest BCUT2D eigenvalue weighted by Gasteiger charge is -2.20. The van der Waals surface area contributed by atoms with Crippen LogP contribution in [0.5, 0.6) is 0 Å². The Morgan fingerprint density at radius 1 is 1.48 bits per heavy atom. The molecule has 0 saturated heterocycles. The number of benzene rings is 1. The van der Waals surface area contributed by atoms with Crippen LogP contribution in [0.3, 0.4) is 0 Å². The molecule has 1 atom stereocenters. The Kier molecular flexibility index (Phi) is 5.35. The van der Waals surface area contributed by atoms with Gasteiger partial charge in [-0.05, 0) is 43.9 Å². The van der Waals surface area contributed by atoms with E-state index >= 15 is 0 Å². The third-order valence-electron chi connectivity index (χ3n) is 3.99. The summed E-state index contributed by atoms with van der Waals surface area (Å²) in [6, 6.07) is 4.31. The van der Waals surface area contributed by atoms with E-state index in [-0.39, 0.29) is 24.1 Å². The zero-order valence-electron chi connectivity index (χ0n) is 12.2. The van der Waals surface area contributed by atoms with Crippen molar-refractivity contribution in [1.82, 2.24) is 5.32 Å². The molecule has 4 heteroatoms. The van der Waals surface area contributed by atoms with Gasteiger partial charge >= 0.3 is 0 Å². The van der Waals surface area contributed by atoms with Crippen LogP contribution in [0.15, 0.2) is 18.2 Å². The molecule has 2 N–H and O–H groups in total. The summed E-state index contributed by atoms with van der Waals surface area (Å²) in [6.45, 7) is 1.70. The molecule has 1 aromatic carbocycles. The monoisotopic (exact) mass is 289 g/mol. The van der Waals surface area contributed by atoms with E-state index in [1.165, 1.54) is 25.0 Å². The standard InChI is InChI=1S/C17H20FNO2/c1-12(14-6-2-3-7-14)19-17(21)15-9-8-13(5-4-10-20)11-16(15)18/h8-9,11-12,14,20H,2-3,6-7,10H2,1H3,(H,19,21). The molecular formula is C17H20FNO2. The van der Waals surface area contributed by atoms with Crippen molar-refractivity contribution in [3.63, 3.8) is 0 Å². The number of carbonyl (C=O) groups is 1. The van der Waals surface area contributed by atoms with Crippen molar-refractivity contribution < 1.29 is 14.3 Å². The molecular weight excluding hydrogens is 269 g/mol. The molecule has 3 nitrogen and oxygen atoms in total. The molecule has 21 heavy (non-hydrogen) atoms. The quantitative estimate of drug-likeness (QED) is 0.840. The van der Waals surface area contributed by atoms with Crippen molar-refractivity contribution in [2.24, 2.45) is 5.92 Å². The van der Waals surface area contributed by atoms with Gasteiger partial charge in [0.1, 0.15) is 12.4 Å². The smallest absolute Gasteiger partial charge is 0.254 e. The number of rotatable bonds is 3. The molecule has 1 fully saturated rings. The molecule has 0 bridgehead atoms. The summed E-state index contributed by atoms with van der Waals surface area (Å²) >= 11 is 0. The third-order valence-corrected chi connectivity index (χ3v) is 3.99. The van der Waals surface area contributed by atoms with Crippen LogP contribution in [-0.2, 0) is 0 Å². The Morgan fingerprint density at radius 2 is 2.19 bits per heavy atom. The lowest BCUT2D eigenvalue weighted by atomic mass is 9.99. The Balaban J connectivity index is 2.05. The Hall–Kier alpha value is -1.86. The summed E-state index contributed by atoms with van der Waals surface area (Å²) in [5.41, 5.74) is 0.483. The zero-order chi connectivity index (χ0) is 15.2. The summed E-state index contributed by atoms with van der Waals surface area (Å²) in [4.78, 5) is 12.1.